The first-order chi connectivity index (χ1) is 9.95. The van der Waals surface area contributed by atoms with E-state index in [2.05, 4.69) is 10.3 Å². The Hall–Kier alpha value is -2.11. The van der Waals surface area contributed by atoms with Gasteiger partial charge in [-0.25, -0.2) is 0 Å². The van der Waals surface area contributed by atoms with Crippen molar-refractivity contribution in [2.24, 2.45) is 0 Å². The van der Waals surface area contributed by atoms with E-state index in [1.807, 2.05) is 6.92 Å². The van der Waals surface area contributed by atoms with Crippen LogP contribution in [0.15, 0.2) is 30.5 Å². The molecule has 6 heteroatoms. The van der Waals surface area contributed by atoms with Crippen LogP contribution in [-0.2, 0) is 0 Å². The molecule has 1 aromatic heterocycles. The van der Waals surface area contributed by atoms with Crippen LogP contribution < -0.4 is 5.32 Å². The number of benzene rings is 1. The molecule has 0 spiro atoms. The third-order valence-electron chi connectivity index (χ3n) is 3.11. The van der Waals surface area contributed by atoms with Gasteiger partial charge in [0.2, 0.25) is 0 Å². The van der Waals surface area contributed by atoms with E-state index in [9.17, 15) is 18.0 Å². The second-order valence-electron chi connectivity index (χ2n) is 4.67. The number of hydrogen-bond donors (Lipinski definition) is 1. The fraction of sp³-hybridized carbons (Fsp3) is 0.333. The summed E-state index contributed by atoms with van der Waals surface area (Å²) in [4.78, 5) is 15.5. The zero-order valence-corrected chi connectivity index (χ0v) is 11.5. The highest BCUT2D eigenvalue weighted by atomic mass is 19.4. The Bertz CT molecular complexity index is 653. The predicted molar refractivity (Wildman–Crippen MR) is 75.5 cm³/mol. The van der Waals surface area contributed by atoms with Crippen molar-refractivity contribution < 1.29 is 18.0 Å². The summed E-state index contributed by atoms with van der Waals surface area (Å²) in [6, 6.07) is 6.80. The Balaban J connectivity index is 2.53. The van der Waals surface area contributed by atoms with Gasteiger partial charge in [-0.3, -0.25) is 9.78 Å². The number of anilines is 1. The Morgan fingerprint density at radius 3 is 2.67 bits per heavy atom. The molecule has 1 aromatic carbocycles. The fourth-order valence-electron chi connectivity index (χ4n) is 2.05. The lowest BCUT2D eigenvalue weighted by atomic mass is 10.1. The summed E-state index contributed by atoms with van der Waals surface area (Å²) in [5.41, 5.74) is 0.323. The normalized spacial score (nSPS) is 11.6. The van der Waals surface area contributed by atoms with E-state index in [-0.39, 0.29) is 5.69 Å². The summed E-state index contributed by atoms with van der Waals surface area (Å²) in [6.45, 7) is 2.48. The monoisotopic (exact) mass is 296 g/mol. The van der Waals surface area contributed by atoms with Gasteiger partial charge in [0.05, 0.1) is 16.8 Å². The van der Waals surface area contributed by atoms with Gasteiger partial charge < -0.3 is 5.32 Å². The minimum absolute atomic E-state index is 0.205. The van der Waals surface area contributed by atoms with Crippen molar-refractivity contribution in [2.75, 3.05) is 11.9 Å². The van der Waals surface area contributed by atoms with E-state index in [0.717, 1.165) is 19.0 Å². The number of hydrogen-bond acceptors (Lipinski definition) is 3. The molecule has 0 aliphatic heterocycles. The summed E-state index contributed by atoms with van der Waals surface area (Å²) in [6.07, 6.45) is -2.22. The number of fused-ring (bicyclic) bond motifs is 1. The number of para-hydroxylation sites is 1. The van der Waals surface area contributed by atoms with Crippen molar-refractivity contribution in [2.45, 2.75) is 25.9 Å². The van der Waals surface area contributed by atoms with Crippen LogP contribution in [0.1, 0.15) is 30.1 Å². The zero-order chi connectivity index (χ0) is 15.5. The molecule has 0 unspecified atom stereocenters. The lowest BCUT2D eigenvalue weighted by Crippen LogP contribution is -2.24. The third-order valence-corrected chi connectivity index (χ3v) is 3.11. The Kier molecular flexibility index (Phi) is 4.45. The SMILES string of the molecule is CCCCNc1c(C(=O)C(F)(F)F)cnc2ccccc12. The summed E-state index contributed by atoms with van der Waals surface area (Å²) < 4.78 is 38.1. The van der Waals surface area contributed by atoms with Crippen LogP contribution in [0.3, 0.4) is 0 Å². The van der Waals surface area contributed by atoms with Crippen LogP contribution in [0.2, 0.25) is 0 Å². The van der Waals surface area contributed by atoms with Gasteiger partial charge >= 0.3 is 6.18 Å². The molecule has 0 bridgehead atoms. The van der Waals surface area contributed by atoms with Crippen molar-refractivity contribution >= 4 is 22.4 Å². The molecule has 0 atom stereocenters. The van der Waals surface area contributed by atoms with Crippen molar-refractivity contribution in [1.29, 1.82) is 0 Å². The molecule has 21 heavy (non-hydrogen) atoms. The number of carbonyl (C=O) groups is 1. The Morgan fingerprint density at radius 2 is 2.00 bits per heavy atom. The highest BCUT2D eigenvalue weighted by Gasteiger charge is 2.41. The van der Waals surface area contributed by atoms with Crippen LogP contribution in [0.25, 0.3) is 10.9 Å². The number of nitrogens with zero attached hydrogens (tertiary/aromatic N) is 1. The molecule has 0 aliphatic carbocycles. The number of carbonyl (C=O) groups excluding carboxylic acids is 1. The Labute approximate surface area is 120 Å². The molecule has 0 fully saturated rings. The molecule has 0 saturated carbocycles. The van der Waals surface area contributed by atoms with Gasteiger partial charge in [0.1, 0.15) is 0 Å². The second-order valence-corrected chi connectivity index (χ2v) is 4.67. The van der Waals surface area contributed by atoms with Crippen molar-refractivity contribution in [3.05, 3.63) is 36.0 Å². The molecule has 0 radical (unpaired) electrons. The van der Waals surface area contributed by atoms with Crippen LogP contribution >= 0.6 is 0 Å². The first-order valence-corrected chi connectivity index (χ1v) is 6.68. The molecule has 0 amide bonds. The second kappa shape index (κ2) is 6.11. The van der Waals surface area contributed by atoms with Gasteiger partial charge in [0.15, 0.2) is 0 Å². The number of nitrogens with one attached hydrogen (secondary N) is 1. The maximum atomic E-state index is 12.7. The van der Waals surface area contributed by atoms with Crippen LogP contribution in [0.4, 0.5) is 18.9 Å². The minimum Gasteiger partial charge on any atom is -0.384 e. The Morgan fingerprint density at radius 1 is 1.29 bits per heavy atom. The topological polar surface area (TPSA) is 42.0 Å². The molecule has 0 saturated heterocycles. The molecular formula is C15H15F3N2O. The molecular weight excluding hydrogens is 281 g/mol. The molecule has 2 aromatic rings. The maximum absolute atomic E-state index is 12.7. The lowest BCUT2D eigenvalue weighted by Gasteiger charge is -2.14. The van der Waals surface area contributed by atoms with E-state index < -0.39 is 17.5 Å². The van der Waals surface area contributed by atoms with Gasteiger partial charge in [-0.2, -0.15) is 13.2 Å². The lowest BCUT2D eigenvalue weighted by molar-refractivity contribution is -0.0884. The number of aromatic nitrogens is 1. The van der Waals surface area contributed by atoms with E-state index in [0.29, 0.717) is 17.4 Å². The van der Waals surface area contributed by atoms with Gasteiger partial charge in [0.25, 0.3) is 5.78 Å². The average Bonchev–Trinajstić information content (AvgIpc) is 2.46. The highest BCUT2D eigenvalue weighted by molar-refractivity contribution is 6.10. The number of Topliss-reactive ketones (excluding diaryl/α,β-unsaturated/α-hetero) is 1. The number of unbranched alkanes of at least 4 members (excludes halogenated alkanes) is 1. The number of pyridine rings is 1. The molecule has 112 valence electrons. The summed E-state index contributed by atoms with van der Waals surface area (Å²) in [5, 5.41) is 3.47. The van der Waals surface area contributed by atoms with Crippen molar-refractivity contribution in [1.82, 2.24) is 4.98 Å². The largest absolute Gasteiger partial charge is 0.455 e. The van der Waals surface area contributed by atoms with Gasteiger partial charge in [0, 0.05) is 18.1 Å². The molecule has 3 nitrogen and oxygen atoms in total. The summed E-state index contributed by atoms with van der Waals surface area (Å²) >= 11 is 0. The average molecular weight is 296 g/mol. The number of halogens is 3. The quantitative estimate of drug-likeness (QED) is 0.664. The number of rotatable bonds is 5. The van der Waals surface area contributed by atoms with Crippen LogP contribution in [0.5, 0.6) is 0 Å². The predicted octanol–water partition coefficient (Wildman–Crippen LogP) is 4.19. The standard InChI is InChI=1S/C15H15F3N2O/c1-2-3-8-19-13-10-6-4-5-7-12(10)20-9-11(13)14(21)15(16,17)18/h4-7,9H,2-3,8H2,1H3,(H,19,20). The first kappa shape index (κ1) is 15.3. The fourth-order valence-corrected chi connectivity index (χ4v) is 2.05. The van der Waals surface area contributed by atoms with E-state index >= 15 is 0 Å². The number of alkyl halides is 3. The van der Waals surface area contributed by atoms with E-state index in [1.165, 1.54) is 0 Å². The highest BCUT2D eigenvalue weighted by Crippen LogP contribution is 2.31. The number of ketones is 1. The smallest absolute Gasteiger partial charge is 0.384 e. The molecule has 2 rings (SSSR count). The van der Waals surface area contributed by atoms with Gasteiger partial charge in [-0.05, 0) is 12.5 Å². The molecule has 1 heterocycles. The van der Waals surface area contributed by atoms with Crippen molar-refractivity contribution in [3.8, 4) is 0 Å². The minimum atomic E-state index is -4.91. The third kappa shape index (κ3) is 3.32. The van der Waals surface area contributed by atoms with Gasteiger partial charge in [-0.1, -0.05) is 31.5 Å². The van der Waals surface area contributed by atoms with Gasteiger partial charge in [-0.15, -0.1) is 0 Å². The van der Waals surface area contributed by atoms with Crippen molar-refractivity contribution in [3.63, 3.8) is 0 Å². The molecule has 1 N–H and O–H groups in total. The first-order valence-electron chi connectivity index (χ1n) is 6.68. The summed E-state index contributed by atoms with van der Waals surface area (Å²) in [7, 11) is 0. The zero-order valence-electron chi connectivity index (χ0n) is 11.5. The van der Waals surface area contributed by atoms with E-state index in [4.69, 9.17) is 0 Å². The van der Waals surface area contributed by atoms with E-state index in [1.54, 1.807) is 24.3 Å². The maximum Gasteiger partial charge on any atom is 0.455 e. The molecule has 0 aliphatic rings. The summed E-state index contributed by atoms with van der Waals surface area (Å²) in [5.74, 6) is -1.88. The van der Waals surface area contributed by atoms with Crippen LogP contribution in [0, 0.1) is 0 Å². The van der Waals surface area contributed by atoms with Crippen LogP contribution in [-0.4, -0.2) is 23.5 Å².